The summed E-state index contributed by atoms with van der Waals surface area (Å²) in [5, 5.41) is 4.49. The maximum absolute atomic E-state index is 6.14. The molecule has 9 heteroatoms. The van der Waals surface area contributed by atoms with E-state index in [-0.39, 0.29) is 12.2 Å². The highest BCUT2D eigenvalue weighted by atomic mass is 32.2. The quantitative estimate of drug-likeness (QED) is 0.353. The van der Waals surface area contributed by atoms with Crippen molar-refractivity contribution >= 4 is 40.4 Å². The number of pyridine rings is 1. The van der Waals surface area contributed by atoms with Crippen LogP contribution in [0.2, 0.25) is 0 Å². The average molecular weight is 460 g/mol. The number of nitrogens with zero attached hydrogens (tertiary/aromatic N) is 3. The third-order valence-corrected chi connectivity index (χ3v) is 7.55. The molecule has 0 aliphatic carbocycles. The second-order valence-electron chi connectivity index (χ2n) is 8.26. The fourth-order valence-electron chi connectivity index (χ4n) is 3.33. The van der Waals surface area contributed by atoms with Gasteiger partial charge in [0.1, 0.15) is 5.52 Å². The van der Waals surface area contributed by atoms with Crippen LogP contribution in [-0.2, 0) is 6.54 Å². The third-order valence-electron chi connectivity index (χ3n) is 5.59. The summed E-state index contributed by atoms with van der Waals surface area (Å²) in [5.74, 6) is 2.01. The van der Waals surface area contributed by atoms with Gasteiger partial charge in [-0.15, -0.1) is 11.8 Å². The summed E-state index contributed by atoms with van der Waals surface area (Å²) >= 11 is 3.30. The SMILES string of the molecule is CCC(C)(C)CNCCn1c(Sc2cc3c(cc2SC)OCO3)nc2c(N)nccc21. The number of anilines is 1. The molecule has 0 saturated carbocycles. The number of nitrogens with one attached hydrogen (secondary N) is 1. The largest absolute Gasteiger partial charge is 0.454 e. The molecule has 1 aliphatic rings. The maximum atomic E-state index is 6.14. The third kappa shape index (κ3) is 4.73. The number of fused-ring (bicyclic) bond motifs is 2. The molecule has 0 radical (unpaired) electrons. The van der Waals surface area contributed by atoms with Gasteiger partial charge in [-0.3, -0.25) is 0 Å². The molecule has 7 nitrogen and oxygen atoms in total. The van der Waals surface area contributed by atoms with E-state index in [2.05, 4.69) is 41.9 Å². The van der Waals surface area contributed by atoms with E-state index in [1.807, 2.05) is 18.2 Å². The van der Waals surface area contributed by atoms with Crippen molar-refractivity contribution in [2.24, 2.45) is 5.41 Å². The first-order valence-corrected chi connectivity index (χ1v) is 12.4. The summed E-state index contributed by atoms with van der Waals surface area (Å²) in [7, 11) is 0. The van der Waals surface area contributed by atoms with E-state index in [1.54, 1.807) is 29.7 Å². The van der Waals surface area contributed by atoms with Gasteiger partial charge in [-0.25, -0.2) is 9.97 Å². The number of imidazole rings is 1. The van der Waals surface area contributed by atoms with Crippen LogP contribution in [0.5, 0.6) is 11.5 Å². The number of rotatable bonds is 9. The van der Waals surface area contributed by atoms with Gasteiger partial charge in [0.15, 0.2) is 22.5 Å². The molecule has 0 fully saturated rings. The van der Waals surface area contributed by atoms with Crippen molar-refractivity contribution in [2.75, 3.05) is 31.9 Å². The highest BCUT2D eigenvalue weighted by Gasteiger charge is 2.21. The lowest BCUT2D eigenvalue weighted by Crippen LogP contribution is -2.31. The Morgan fingerprint density at radius 2 is 1.97 bits per heavy atom. The van der Waals surface area contributed by atoms with Gasteiger partial charge < -0.3 is 25.1 Å². The zero-order valence-electron chi connectivity index (χ0n) is 18.4. The zero-order chi connectivity index (χ0) is 22.0. The molecule has 0 spiro atoms. The van der Waals surface area contributed by atoms with Gasteiger partial charge in [0.2, 0.25) is 6.79 Å². The van der Waals surface area contributed by atoms with E-state index >= 15 is 0 Å². The first kappa shape index (κ1) is 22.1. The number of hydrogen-bond acceptors (Lipinski definition) is 8. The van der Waals surface area contributed by atoms with Crippen LogP contribution < -0.4 is 20.5 Å². The van der Waals surface area contributed by atoms with Crippen LogP contribution in [0.15, 0.2) is 39.3 Å². The van der Waals surface area contributed by atoms with Crippen LogP contribution in [0.3, 0.4) is 0 Å². The Morgan fingerprint density at radius 3 is 2.68 bits per heavy atom. The number of nitrogen functional groups attached to an aromatic ring is 1. The van der Waals surface area contributed by atoms with Crippen LogP contribution in [0, 0.1) is 5.41 Å². The Kier molecular flexibility index (Phi) is 6.55. The van der Waals surface area contributed by atoms with Crippen molar-refractivity contribution in [1.29, 1.82) is 0 Å². The summed E-state index contributed by atoms with van der Waals surface area (Å²) in [4.78, 5) is 11.3. The Bertz CT molecular complexity index is 1080. The molecular weight excluding hydrogens is 430 g/mol. The summed E-state index contributed by atoms with van der Waals surface area (Å²) in [6, 6.07) is 6.05. The van der Waals surface area contributed by atoms with E-state index in [9.17, 15) is 0 Å². The van der Waals surface area contributed by atoms with Gasteiger partial charge in [-0.1, -0.05) is 32.5 Å². The number of aromatic nitrogens is 3. The van der Waals surface area contributed by atoms with E-state index in [0.717, 1.165) is 63.5 Å². The second-order valence-corrected chi connectivity index (χ2v) is 10.1. The fourth-order valence-corrected chi connectivity index (χ4v) is 5.15. The van der Waals surface area contributed by atoms with Gasteiger partial charge >= 0.3 is 0 Å². The van der Waals surface area contributed by atoms with Crippen molar-refractivity contribution < 1.29 is 9.47 Å². The first-order valence-electron chi connectivity index (χ1n) is 10.4. The average Bonchev–Trinajstić information content (AvgIpc) is 3.35. The van der Waals surface area contributed by atoms with Crippen LogP contribution in [-0.4, -0.2) is 40.7 Å². The molecule has 0 saturated heterocycles. The molecule has 1 aliphatic heterocycles. The molecule has 0 bridgehead atoms. The van der Waals surface area contributed by atoms with Gasteiger partial charge in [0, 0.05) is 35.6 Å². The molecule has 0 atom stereocenters. The number of nitrogens with two attached hydrogens (primary N) is 1. The Morgan fingerprint density at radius 1 is 1.23 bits per heavy atom. The molecule has 1 aromatic carbocycles. The summed E-state index contributed by atoms with van der Waals surface area (Å²) in [5.41, 5.74) is 8.16. The van der Waals surface area contributed by atoms with Crippen LogP contribution >= 0.6 is 23.5 Å². The van der Waals surface area contributed by atoms with E-state index < -0.39 is 0 Å². The summed E-state index contributed by atoms with van der Waals surface area (Å²) in [6.45, 7) is 9.67. The minimum Gasteiger partial charge on any atom is -0.454 e. The van der Waals surface area contributed by atoms with E-state index in [0.29, 0.717) is 5.82 Å². The van der Waals surface area contributed by atoms with E-state index in [4.69, 9.17) is 20.2 Å². The lowest BCUT2D eigenvalue weighted by molar-refractivity contribution is 0.174. The normalized spacial score (nSPS) is 13.3. The highest BCUT2D eigenvalue weighted by molar-refractivity contribution is 8.02. The van der Waals surface area contributed by atoms with Gasteiger partial charge in [-0.2, -0.15) is 0 Å². The molecule has 3 N–H and O–H groups in total. The number of benzene rings is 1. The van der Waals surface area contributed by atoms with Crippen molar-refractivity contribution in [1.82, 2.24) is 19.9 Å². The maximum Gasteiger partial charge on any atom is 0.231 e. The summed E-state index contributed by atoms with van der Waals surface area (Å²) in [6.07, 6.45) is 4.94. The van der Waals surface area contributed by atoms with Crippen LogP contribution in [0.25, 0.3) is 11.0 Å². The molecule has 0 amide bonds. The monoisotopic (exact) mass is 459 g/mol. The minimum atomic E-state index is 0.262. The minimum absolute atomic E-state index is 0.262. The molecule has 2 aromatic heterocycles. The molecule has 3 heterocycles. The number of thioether (sulfide) groups is 1. The highest BCUT2D eigenvalue weighted by Crippen LogP contribution is 2.44. The second kappa shape index (κ2) is 9.18. The standard InChI is InChI=1S/C22H29N5O2S2/c1-5-22(2,3)12-24-8-9-27-14-6-7-25-20(23)19(14)26-21(27)31-18-11-16-15(28-13-29-16)10-17(18)30-4/h6-7,10-11,24H,5,8-9,12-13H2,1-4H3,(H2,23,25). The first-order chi connectivity index (χ1) is 14.9. The van der Waals surface area contributed by atoms with Gasteiger partial charge in [-0.05, 0) is 36.3 Å². The number of hydrogen-bond donors (Lipinski definition) is 2. The van der Waals surface area contributed by atoms with Crippen LogP contribution in [0.4, 0.5) is 5.82 Å². The van der Waals surface area contributed by atoms with Crippen molar-refractivity contribution in [3.8, 4) is 11.5 Å². The van der Waals surface area contributed by atoms with Crippen molar-refractivity contribution in [3.63, 3.8) is 0 Å². The predicted molar refractivity (Wildman–Crippen MR) is 127 cm³/mol. The lowest BCUT2D eigenvalue weighted by atomic mass is 9.90. The fraction of sp³-hybridized carbons (Fsp3) is 0.455. The molecule has 3 aromatic rings. The van der Waals surface area contributed by atoms with Gasteiger partial charge in [0.25, 0.3) is 0 Å². The smallest absolute Gasteiger partial charge is 0.231 e. The van der Waals surface area contributed by atoms with Gasteiger partial charge in [0.05, 0.1) is 5.52 Å². The Labute approximate surface area is 191 Å². The Hall–Kier alpha value is -2.10. The summed E-state index contributed by atoms with van der Waals surface area (Å²) < 4.78 is 13.4. The molecule has 31 heavy (non-hydrogen) atoms. The Balaban J connectivity index is 1.63. The van der Waals surface area contributed by atoms with Crippen LogP contribution in [0.1, 0.15) is 27.2 Å². The molecule has 4 rings (SSSR count). The van der Waals surface area contributed by atoms with Crippen molar-refractivity contribution in [2.45, 2.75) is 48.7 Å². The molecule has 166 valence electrons. The lowest BCUT2D eigenvalue weighted by Gasteiger charge is -2.23. The predicted octanol–water partition coefficient (Wildman–Crippen LogP) is 4.64. The molecular formula is C22H29N5O2S2. The zero-order valence-corrected chi connectivity index (χ0v) is 20.0. The number of ether oxygens (including phenoxy) is 2. The topological polar surface area (TPSA) is 87.2 Å². The molecule has 0 unspecified atom stereocenters. The van der Waals surface area contributed by atoms with Crippen molar-refractivity contribution in [3.05, 3.63) is 24.4 Å². The van der Waals surface area contributed by atoms with E-state index in [1.165, 1.54) is 0 Å².